The van der Waals surface area contributed by atoms with Crippen LogP contribution >= 0.6 is 35.0 Å². The van der Waals surface area contributed by atoms with Gasteiger partial charge in [0, 0.05) is 23.9 Å². The number of alkyl halides is 2. The van der Waals surface area contributed by atoms with Crippen molar-refractivity contribution in [3.63, 3.8) is 0 Å². The van der Waals surface area contributed by atoms with Crippen LogP contribution in [-0.4, -0.2) is 20.1 Å². The van der Waals surface area contributed by atoms with Crippen LogP contribution in [0.15, 0.2) is 22.2 Å². The van der Waals surface area contributed by atoms with Crippen LogP contribution in [0, 0.1) is 5.92 Å². The van der Waals surface area contributed by atoms with E-state index in [1.807, 2.05) is 0 Å². The number of aromatic amines is 1. The second kappa shape index (κ2) is 3.76. The van der Waals surface area contributed by atoms with E-state index < -0.39 is 4.33 Å². The standard InChI is InChI=1S/C8H8Cl2N2OS/c9-8(10)3-5(8)4-14-7-11-2-1-6(13)12-7/h1-2,5H,3-4H2,(H,11,12,13). The number of halogens is 2. The highest BCUT2D eigenvalue weighted by molar-refractivity contribution is 7.99. The Morgan fingerprint density at radius 3 is 3.00 bits per heavy atom. The van der Waals surface area contributed by atoms with Gasteiger partial charge < -0.3 is 4.98 Å². The molecule has 0 radical (unpaired) electrons. The van der Waals surface area contributed by atoms with Crippen LogP contribution in [0.2, 0.25) is 0 Å². The van der Waals surface area contributed by atoms with Gasteiger partial charge in [-0.15, -0.1) is 23.2 Å². The number of H-pyrrole nitrogens is 1. The summed E-state index contributed by atoms with van der Waals surface area (Å²) in [4.78, 5) is 17.6. The fraction of sp³-hybridized carbons (Fsp3) is 0.500. The van der Waals surface area contributed by atoms with Gasteiger partial charge in [0.15, 0.2) is 5.16 Å². The summed E-state index contributed by atoms with van der Waals surface area (Å²) in [6.07, 6.45) is 2.31. The Kier molecular flexibility index (Phi) is 2.77. The minimum Gasteiger partial charge on any atom is -0.301 e. The largest absolute Gasteiger partial charge is 0.301 e. The minimum atomic E-state index is -0.553. The van der Waals surface area contributed by atoms with Crippen molar-refractivity contribution in [2.24, 2.45) is 5.92 Å². The molecule has 1 heterocycles. The molecule has 1 aromatic rings. The zero-order chi connectivity index (χ0) is 10.2. The molecule has 1 N–H and O–H groups in total. The quantitative estimate of drug-likeness (QED) is 0.508. The Morgan fingerprint density at radius 2 is 2.43 bits per heavy atom. The maximum atomic E-state index is 10.9. The monoisotopic (exact) mass is 250 g/mol. The van der Waals surface area contributed by atoms with E-state index in [4.69, 9.17) is 23.2 Å². The van der Waals surface area contributed by atoms with Gasteiger partial charge >= 0.3 is 0 Å². The molecular formula is C8H8Cl2N2OS. The van der Waals surface area contributed by atoms with Crippen LogP contribution in [0.1, 0.15) is 6.42 Å². The molecule has 0 spiro atoms. The van der Waals surface area contributed by atoms with Crippen LogP contribution in [-0.2, 0) is 0 Å². The van der Waals surface area contributed by atoms with E-state index in [9.17, 15) is 4.79 Å². The lowest BCUT2D eigenvalue weighted by molar-refractivity contribution is 0.919. The van der Waals surface area contributed by atoms with E-state index >= 15 is 0 Å². The molecule has 0 amide bonds. The molecule has 1 aliphatic rings. The number of rotatable bonds is 3. The van der Waals surface area contributed by atoms with Gasteiger partial charge in [0.1, 0.15) is 4.33 Å². The van der Waals surface area contributed by atoms with Crippen molar-refractivity contribution in [1.29, 1.82) is 0 Å². The molecule has 3 nitrogen and oxygen atoms in total. The first-order valence-corrected chi connectivity index (χ1v) is 5.88. The molecule has 76 valence electrons. The Labute approximate surface area is 95.2 Å². The summed E-state index contributed by atoms with van der Waals surface area (Å²) in [7, 11) is 0. The molecule has 1 fully saturated rings. The van der Waals surface area contributed by atoms with E-state index in [0.717, 1.165) is 12.2 Å². The Morgan fingerprint density at radius 1 is 1.71 bits per heavy atom. The normalized spacial score (nSPS) is 23.4. The molecule has 0 bridgehead atoms. The average molecular weight is 251 g/mol. The first-order chi connectivity index (χ1) is 6.58. The molecule has 0 saturated heterocycles. The van der Waals surface area contributed by atoms with Gasteiger partial charge in [0.25, 0.3) is 5.56 Å². The maximum absolute atomic E-state index is 10.9. The van der Waals surface area contributed by atoms with Crippen molar-refractivity contribution < 1.29 is 0 Å². The third-order valence-electron chi connectivity index (χ3n) is 2.02. The molecule has 14 heavy (non-hydrogen) atoms. The molecule has 1 saturated carbocycles. The van der Waals surface area contributed by atoms with E-state index in [1.165, 1.54) is 24.0 Å². The summed E-state index contributed by atoms with van der Waals surface area (Å²) < 4.78 is -0.553. The van der Waals surface area contributed by atoms with Crippen molar-refractivity contribution in [2.45, 2.75) is 15.9 Å². The lowest BCUT2D eigenvalue weighted by atomic mass is 10.5. The molecule has 1 unspecified atom stereocenters. The number of nitrogens with zero attached hydrogens (tertiary/aromatic N) is 1. The summed E-state index contributed by atoms with van der Waals surface area (Å²) in [6, 6.07) is 1.38. The Hall–Kier alpha value is -0.190. The summed E-state index contributed by atoms with van der Waals surface area (Å²) in [5.41, 5.74) is -0.138. The summed E-state index contributed by atoms with van der Waals surface area (Å²) in [5, 5.41) is 0.619. The van der Waals surface area contributed by atoms with Gasteiger partial charge in [-0.05, 0) is 6.42 Å². The summed E-state index contributed by atoms with van der Waals surface area (Å²) in [5.74, 6) is 1.10. The van der Waals surface area contributed by atoms with Crippen molar-refractivity contribution in [1.82, 2.24) is 9.97 Å². The third-order valence-corrected chi connectivity index (χ3v) is 4.00. The van der Waals surface area contributed by atoms with Crippen LogP contribution in [0.5, 0.6) is 0 Å². The summed E-state index contributed by atoms with van der Waals surface area (Å²) in [6.45, 7) is 0. The molecule has 0 aliphatic heterocycles. The number of thioether (sulfide) groups is 1. The minimum absolute atomic E-state index is 0.138. The predicted molar refractivity (Wildman–Crippen MR) is 58.1 cm³/mol. The van der Waals surface area contributed by atoms with Crippen molar-refractivity contribution in [3.05, 3.63) is 22.6 Å². The topological polar surface area (TPSA) is 45.8 Å². The summed E-state index contributed by atoms with van der Waals surface area (Å²) >= 11 is 13.2. The molecule has 1 aromatic heterocycles. The van der Waals surface area contributed by atoms with Gasteiger partial charge in [0.2, 0.25) is 0 Å². The van der Waals surface area contributed by atoms with E-state index in [-0.39, 0.29) is 5.56 Å². The highest BCUT2D eigenvalue weighted by Crippen LogP contribution is 2.54. The first-order valence-electron chi connectivity index (χ1n) is 4.14. The zero-order valence-corrected chi connectivity index (χ0v) is 9.49. The molecular weight excluding hydrogens is 243 g/mol. The second-order valence-electron chi connectivity index (χ2n) is 3.21. The number of hydrogen-bond donors (Lipinski definition) is 1. The molecule has 6 heteroatoms. The second-order valence-corrected chi connectivity index (χ2v) is 5.76. The van der Waals surface area contributed by atoms with Gasteiger partial charge in [-0.2, -0.15) is 0 Å². The molecule has 0 aromatic carbocycles. The van der Waals surface area contributed by atoms with Crippen LogP contribution in [0.3, 0.4) is 0 Å². The highest BCUT2D eigenvalue weighted by Gasteiger charge is 2.51. The smallest absolute Gasteiger partial charge is 0.251 e. The van der Waals surface area contributed by atoms with Crippen molar-refractivity contribution >= 4 is 35.0 Å². The Bertz CT molecular complexity index is 393. The number of nitrogens with one attached hydrogen (secondary N) is 1. The van der Waals surface area contributed by atoms with Crippen LogP contribution in [0.25, 0.3) is 0 Å². The van der Waals surface area contributed by atoms with Gasteiger partial charge in [-0.1, -0.05) is 11.8 Å². The van der Waals surface area contributed by atoms with Crippen molar-refractivity contribution in [2.75, 3.05) is 5.75 Å². The third kappa shape index (κ3) is 2.43. The number of hydrogen-bond acceptors (Lipinski definition) is 3. The molecule has 1 aliphatic carbocycles. The lowest BCUT2D eigenvalue weighted by Crippen LogP contribution is -2.06. The van der Waals surface area contributed by atoms with Crippen molar-refractivity contribution in [3.8, 4) is 0 Å². The van der Waals surface area contributed by atoms with E-state index in [0.29, 0.717) is 11.1 Å². The zero-order valence-electron chi connectivity index (χ0n) is 7.17. The molecule has 2 rings (SSSR count). The van der Waals surface area contributed by atoms with Crippen LogP contribution in [0.4, 0.5) is 0 Å². The fourth-order valence-electron chi connectivity index (χ4n) is 1.06. The SMILES string of the molecule is O=c1ccnc(SCC2CC2(Cl)Cl)[nH]1. The Balaban J connectivity index is 1.90. The maximum Gasteiger partial charge on any atom is 0.251 e. The van der Waals surface area contributed by atoms with Gasteiger partial charge in [0.05, 0.1) is 0 Å². The molecule has 1 atom stereocenters. The average Bonchev–Trinajstić information content (AvgIpc) is 2.71. The lowest BCUT2D eigenvalue weighted by Gasteiger charge is -1.99. The predicted octanol–water partition coefficient (Wildman–Crippen LogP) is 2.06. The van der Waals surface area contributed by atoms with Gasteiger partial charge in [-0.25, -0.2) is 4.98 Å². The fourth-order valence-corrected chi connectivity index (χ4v) is 2.83. The van der Waals surface area contributed by atoms with E-state index in [1.54, 1.807) is 0 Å². The van der Waals surface area contributed by atoms with E-state index in [2.05, 4.69) is 9.97 Å². The first kappa shape index (κ1) is 10.3. The number of aromatic nitrogens is 2. The van der Waals surface area contributed by atoms with Crippen LogP contribution < -0.4 is 5.56 Å². The highest BCUT2D eigenvalue weighted by atomic mass is 35.5. The van der Waals surface area contributed by atoms with Gasteiger partial charge in [-0.3, -0.25) is 4.79 Å².